The highest BCUT2D eigenvalue weighted by molar-refractivity contribution is 7.87. The molecule has 1 aromatic rings. The summed E-state index contributed by atoms with van der Waals surface area (Å²) in [6, 6.07) is 6.18. The molecule has 23 heavy (non-hydrogen) atoms. The molecule has 2 aliphatic carbocycles. The molecular formula is C19H28ClO2P. The normalized spacial score (nSPS) is 20.1. The number of methoxy groups -OCH3 is 2. The van der Waals surface area contributed by atoms with Gasteiger partial charge in [0.2, 0.25) is 0 Å². The lowest BCUT2D eigenvalue weighted by Crippen LogP contribution is -2.31. The predicted octanol–water partition coefficient (Wildman–Crippen LogP) is 5.59. The number of benzene rings is 1. The van der Waals surface area contributed by atoms with Crippen LogP contribution in [0.4, 0.5) is 0 Å². The summed E-state index contributed by atoms with van der Waals surface area (Å²) in [4.78, 5) is 0. The minimum absolute atomic E-state index is 0.702. The third-order valence-electron chi connectivity index (χ3n) is 5.81. The van der Waals surface area contributed by atoms with E-state index in [2.05, 4.69) is 17.8 Å². The Labute approximate surface area is 146 Å². The Morgan fingerprint density at radius 3 is 1.70 bits per heavy atom. The van der Waals surface area contributed by atoms with Crippen LogP contribution < -0.4 is 14.8 Å². The standard InChI is InChI=1S/C19H28ClO2P/c1-21-17-12-7-13-18(22-2)19(17)23(14-20,15-8-3-4-9-15)16-10-5-6-11-16/h7,12-16H,3-6,8-11H2,1-2H3. The molecule has 0 aliphatic heterocycles. The van der Waals surface area contributed by atoms with Crippen molar-refractivity contribution >= 4 is 24.2 Å². The second-order valence-electron chi connectivity index (χ2n) is 6.82. The lowest BCUT2D eigenvalue weighted by Gasteiger charge is -2.44. The molecule has 0 saturated heterocycles. The average molecular weight is 355 g/mol. The van der Waals surface area contributed by atoms with Crippen LogP contribution in [0.2, 0.25) is 0 Å². The molecule has 2 fully saturated rings. The molecule has 0 radical (unpaired) electrons. The molecule has 2 saturated carbocycles. The van der Waals surface area contributed by atoms with Gasteiger partial charge in [0.1, 0.15) is 5.30 Å². The molecule has 0 heterocycles. The van der Waals surface area contributed by atoms with Crippen LogP contribution in [0.1, 0.15) is 51.4 Å². The summed E-state index contributed by atoms with van der Waals surface area (Å²) in [7, 11) is 1.89. The highest BCUT2D eigenvalue weighted by Crippen LogP contribution is 2.76. The zero-order valence-corrected chi connectivity index (χ0v) is 15.9. The quantitative estimate of drug-likeness (QED) is 0.489. The Morgan fingerprint density at radius 1 is 0.913 bits per heavy atom. The third kappa shape index (κ3) is 2.98. The van der Waals surface area contributed by atoms with Gasteiger partial charge in [0.05, 0.1) is 14.2 Å². The third-order valence-corrected chi connectivity index (χ3v) is 11.8. The van der Waals surface area contributed by atoms with Crippen LogP contribution in [0.3, 0.4) is 0 Å². The Kier molecular flexibility index (Phi) is 5.75. The van der Waals surface area contributed by atoms with Gasteiger partial charge in [-0.3, -0.25) is 0 Å². The Hall–Kier alpha value is -0.460. The van der Waals surface area contributed by atoms with Crippen molar-refractivity contribution in [3.8, 4) is 11.5 Å². The van der Waals surface area contributed by atoms with E-state index in [-0.39, 0.29) is 0 Å². The van der Waals surface area contributed by atoms with Crippen molar-refractivity contribution in [2.24, 2.45) is 0 Å². The lowest BCUT2D eigenvalue weighted by molar-refractivity contribution is 0.400. The van der Waals surface area contributed by atoms with E-state index >= 15 is 0 Å². The van der Waals surface area contributed by atoms with Crippen LogP contribution >= 0.6 is 18.9 Å². The van der Waals surface area contributed by atoms with Gasteiger partial charge in [-0.25, -0.2) is 0 Å². The van der Waals surface area contributed by atoms with Crippen molar-refractivity contribution in [3.63, 3.8) is 0 Å². The summed E-state index contributed by atoms with van der Waals surface area (Å²) in [6.07, 6.45) is 10.5. The summed E-state index contributed by atoms with van der Waals surface area (Å²) in [5.41, 5.74) is 3.49. The zero-order valence-electron chi connectivity index (χ0n) is 14.3. The van der Waals surface area contributed by atoms with Gasteiger partial charge >= 0.3 is 0 Å². The monoisotopic (exact) mass is 354 g/mol. The first-order chi connectivity index (χ1) is 11.3. The topological polar surface area (TPSA) is 18.5 Å². The predicted molar refractivity (Wildman–Crippen MR) is 101 cm³/mol. The van der Waals surface area contributed by atoms with E-state index in [9.17, 15) is 0 Å². The molecule has 1 aromatic carbocycles. The molecule has 0 spiro atoms. The Morgan fingerprint density at radius 2 is 1.35 bits per heavy atom. The van der Waals surface area contributed by atoms with E-state index in [1.165, 1.54) is 56.7 Å². The first-order valence-corrected chi connectivity index (χ1v) is 11.3. The van der Waals surface area contributed by atoms with Crippen LogP contribution in [0.25, 0.3) is 0 Å². The summed E-state index contributed by atoms with van der Waals surface area (Å²) >= 11 is 6.69. The van der Waals surface area contributed by atoms with E-state index in [0.717, 1.165) is 11.5 Å². The fraction of sp³-hybridized carbons (Fsp3) is 0.632. The molecule has 4 heteroatoms. The fourth-order valence-corrected chi connectivity index (χ4v) is 11.3. The maximum Gasteiger partial charge on any atom is 0.162 e. The SMILES string of the molecule is COc1cccc(OC)c1[P+]([CH-]Cl)(C1CCCC1)C1CCCC1. The number of rotatable bonds is 6. The van der Waals surface area contributed by atoms with Gasteiger partial charge in [-0.15, -0.1) is 0 Å². The van der Waals surface area contributed by atoms with Gasteiger partial charge in [0, 0.05) is 11.3 Å². The van der Waals surface area contributed by atoms with Crippen molar-refractivity contribution in [1.29, 1.82) is 0 Å². The molecule has 0 unspecified atom stereocenters. The van der Waals surface area contributed by atoms with Crippen molar-refractivity contribution in [2.45, 2.75) is 62.7 Å². The van der Waals surface area contributed by atoms with Gasteiger partial charge in [-0.2, -0.15) is 0 Å². The van der Waals surface area contributed by atoms with E-state index in [4.69, 9.17) is 21.1 Å². The first-order valence-electron chi connectivity index (χ1n) is 8.82. The maximum absolute atomic E-state index is 6.69. The minimum Gasteiger partial charge on any atom is -0.493 e. The van der Waals surface area contributed by atoms with Crippen molar-refractivity contribution in [1.82, 2.24) is 0 Å². The van der Waals surface area contributed by atoms with Crippen LogP contribution in [0.15, 0.2) is 18.2 Å². The lowest BCUT2D eigenvalue weighted by atomic mass is 10.3. The van der Waals surface area contributed by atoms with Crippen molar-refractivity contribution < 1.29 is 9.47 Å². The van der Waals surface area contributed by atoms with Crippen molar-refractivity contribution in [2.75, 3.05) is 14.2 Å². The molecular weight excluding hydrogens is 327 g/mol. The number of halogens is 1. The molecule has 3 rings (SSSR count). The maximum atomic E-state index is 6.69. The van der Waals surface area contributed by atoms with Crippen LogP contribution in [0.5, 0.6) is 11.5 Å². The minimum atomic E-state index is -1.64. The Balaban J connectivity index is 2.18. The largest absolute Gasteiger partial charge is 0.493 e. The molecule has 2 aliphatic rings. The smallest absolute Gasteiger partial charge is 0.162 e. The Bertz CT molecular complexity index is 484. The molecule has 0 aromatic heterocycles. The molecule has 0 atom stereocenters. The van der Waals surface area contributed by atoms with E-state index in [1.807, 2.05) is 6.07 Å². The van der Waals surface area contributed by atoms with Crippen LogP contribution in [0, 0.1) is 5.62 Å². The fourth-order valence-electron chi connectivity index (χ4n) is 4.75. The molecule has 128 valence electrons. The molecule has 0 amide bonds. The molecule has 0 bridgehead atoms. The van der Waals surface area contributed by atoms with Crippen molar-refractivity contribution in [3.05, 3.63) is 23.8 Å². The zero-order chi connectivity index (χ0) is 16.3. The molecule has 0 N–H and O–H groups in total. The van der Waals surface area contributed by atoms with Gasteiger partial charge in [-0.1, -0.05) is 18.9 Å². The second-order valence-corrected chi connectivity index (χ2v) is 11.2. The van der Waals surface area contributed by atoms with E-state index < -0.39 is 7.26 Å². The van der Waals surface area contributed by atoms with Gasteiger partial charge in [0.25, 0.3) is 0 Å². The second kappa shape index (κ2) is 7.62. The summed E-state index contributed by atoms with van der Waals surface area (Å²) in [5.74, 6) is 1.93. The number of hydrogen-bond donors (Lipinski definition) is 0. The molecule has 2 nitrogen and oxygen atoms in total. The first kappa shape index (κ1) is 17.4. The van der Waals surface area contributed by atoms with E-state index in [1.54, 1.807) is 14.2 Å². The average Bonchev–Trinajstić information content (AvgIpc) is 3.30. The van der Waals surface area contributed by atoms with E-state index in [0.29, 0.717) is 11.3 Å². The highest BCUT2D eigenvalue weighted by atomic mass is 35.5. The van der Waals surface area contributed by atoms with Crippen LogP contribution in [-0.4, -0.2) is 25.5 Å². The summed E-state index contributed by atoms with van der Waals surface area (Å²) in [6.45, 7) is 0. The van der Waals surface area contributed by atoms with Crippen LogP contribution in [-0.2, 0) is 0 Å². The van der Waals surface area contributed by atoms with Gasteiger partial charge in [-0.05, 0) is 63.5 Å². The number of ether oxygens (including phenoxy) is 2. The summed E-state index contributed by atoms with van der Waals surface area (Å²) < 4.78 is 11.6. The van der Waals surface area contributed by atoms with Gasteiger partial charge < -0.3 is 21.1 Å². The summed E-state index contributed by atoms with van der Waals surface area (Å²) in [5, 5.41) is 1.29. The number of hydrogen-bond acceptors (Lipinski definition) is 2. The van der Waals surface area contributed by atoms with Gasteiger partial charge in [0.15, 0.2) is 11.5 Å². The highest BCUT2D eigenvalue weighted by Gasteiger charge is 2.51.